The Kier molecular flexibility index (Phi) is 6.90. The number of benzene rings is 1. The highest BCUT2D eigenvalue weighted by Crippen LogP contribution is 2.16. The van der Waals surface area contributed by atoms with Crippen LogP contribution in [-0.2, 0) is 19.1 Å². The van der Waals surface area contributed by atoms with Crippen molar-refractivity contribution in [3.63, 3.8) is 0 Å². The van der Waals surface area contributed by atoms with Crippen LogP contribution in [0.5, 0.6) is 0 Å². The number of anilines is 1. The molecule has 2 amide bonds. The van der Waals surface area contributed by atoms with E-state index in [1.165, 1.54) is 20.3 Å². The summed E-state index contributed by atoms with van der Waals surface area (Å²) in [4.78, 5) is 34.8. The summed E-state index contributed by atoms with van der Waals surface area (Å²) >= 11 is 0. The lowest BCUT2D eigenvalue weighted by atomic mass is 10.1. The number of amides is 2. The van der Waals surface area contributed by atoms with E-state index in [-0.39, 0.29) is 12.0 Å². The second kappa shape index (κ2) is 8.70. The normalized spacial score (nSPS) is 9.81. The van der Waals surface area contributed by atoms with Gasteiger partial charge in [0.05, 0.1) is 25.0 Å². The zero-order valence-electron chi connectivity index (χ0n) is 12.0. The summed E-state index contributed by atoms with van der Waals surface area (Å²) in [6, 6.07) is 6.41. The first-order valence-corrected chi connectivity index (χ1v) is 6.31. The molecule has 1 aromatic rings. The smallest absolute Gasteiger partial charge is 0.339 e. The highest BCUT2D eigenvalue weighted by molar-refractivity contribution is 6.06. The Morgan fingerprint density at radius 3 is 2.48 bits per heavy atom. The molecule has 114 valence electrons. The predicted molar refractivity (Wildman–Crippen MR) is 75.9 cm³/mol. The number of nitrogens with one attached hydrogen (secondary N) is 2. The number of ether oxygens (including phenoxy) is 2. The topological polar surface area (TPSA) is 93.7 Å². The summed E-state index contributed by atoms with van der Waals surface area (Å²) in [5.74, 6) is -1.49. The van der Waals surface area contributed by atoms with E-state index in [0.717, 1.165) is 0 Å². The highest BCUT2D eigenvalue weighted by atomic mass is 16.5. The number of para-hydroxylation sites is 1. The second-order valence-electron chi connectivity index (χ2n) is 4.10. The van der Waals surface area contributed by atoms with Gasteiger partial charge >= 0.3 is 5.97 Å². The number of carbonyl (C=O) groups excluding carboxylic acids is 3. The molecular weight excluding hydrogens is 276 g/mol. The van der Waals surface area contributed by atoms with Crippen LogP contribution in [0.1, 0.15) is 16.8 Å². The van der Waals surface area contributed by atoms with Gasteiger partial charge in [-0.2, -0.15) is 0 Å². The van der Waals surface area contributed by atoms with Gasteiger partial charge in [-0.15, -0.1) is 0 Å². The van der Waals surface area contributed by atoms with Gasteiger partial charge in [0, 0.05) is 13.7 Å². The summed E-state index contributed by atoms with van der Waals surface area (Å²) in [6.07, 6.45) is -0.334. The zero-order valence-corrected chi connectivity index (χ0v) is 12.0. The monoisotopic (exact) mass is 294 g/mol. The van der Waals surface area contributed by atoms with E-state index in [0.29, 0.717) is 18.8 Å². The predicted octanol–water partition coefficient (Wildman–Crippen LogP) is 0.564. The van der Waals surface area contributed by atoms with Gasteiger partial charge in [-0.1, -0.05) is 12.1 Å². The first-order valence-electron chi connectivity index (χ1n) is 6.31. The Morgan fingerprint density at radius 2 is 1.81 bits per heavy atom. The Bertz CT molecular complexity index is 516. The van der Waals surface area contributed by atoms with E-state index in [1.807, 2.05) is 0 Å². The molecular formula is C14H18N2O5. The standard InChI is InChI=1S/C14H18N2O5/c1-20-8-7-15-12(17)9-13(18)16-11-6-4-3-5-10(11)14(19)21-2/h3-6H,7-9H2,1-2H3,(H,15,17)(H,16,18). The van der Waals surface area contributed by atoms with Gasteiger partial charge in [-0.25, -0.2) is 4.79 Å². The largest absolute Gasteiger partial charge is 0.465 e. The lowest BCUT2D eigenvalue weighted by Gasteiger charge is -2.09. The molecule has 1 rings (SSSR count). The summed E-state index contributed by atoms with van der Waals surface area (Å²) in [7, 11) is 2.77. The first-order chi connectivity index (χ1) is 10.1. The summed E-state index contributed by atoms with van der Waals surface area (Å²) in [6.45, 7) is 0.708. The summed E-state index contributed by atoms with van der Waals surface area (Å²) < 4.78 is 9.40. The molecule has 0 atom stereocenters. The molecule has 0 spiro atoms. The van der Waals surface area contributed by atoms with Crippen LogP contribution in [0.25, 0.3) is 0 Å². The number of carbonyl (C=O) groups is 3. The molecule has 0 aliphatic carbocycles. The highest BCUT2D eigenvalue weighted by Gasteiger charge is 2.15. The van der Waals surface area contributed by atoms with Crippen LogP contribution in [0.4, 0.5) is 5.69 Å². The van der Waals surface area contributed by atoms with Gasteiger partial charge in [-0.3, -0.25) is 9.59 Å². The molecule has 0 fully saturated rings. The second-order valence-corrected chi connectivity index (χ2v) is 4.10. The van der Waals surface area contributed by atoms with Crippen LogP contribution in [0, 0.1) is 0 Å². The van der Waals surface area contributed by atoms with Gasteiger partial charge in [0.15, 0.2) is 0 Å². The van der Waals surface area contributed by atoms with Crippen molar-refractivity contribution in [2.75, 3.05) is 32.7 Å². The number of esters is 1. The van der Waals surface area contributed by atoms with Crippen LogP contribution in [-0.4, -0.2) is 45.2 Å². The van der Waals surface area contributed by atoms with Crippen LogP contribution in [0.2, 0.25) is 0 Å². The maximum Gasteiger partial charge on any atom is 0.339 e. The quantitative estimate of drug-likeness (QED) is 0.435. The lowest BCUT2D eigenvalue weighted by Crippen LogP contribution is -2.30. The van der Waals surface area contributed by atoms with E-state index in [1.54, 1.807) is 18.2 Å². The van der Waals surface area contributed by atoms with Gasteiger partial charge in [-0.05, 0) is 12.1 Å². The maximum atomic E-state index is 11.8. The number of hydrogen-bond acceptors (Lipinski definition) is 5. The Balaban J connectivity index is 2.59. The SMILES string of the molecule is COCCNC(=O)CC(=O)Nc1ccccc1C(=O)OC. The van der Waals surface area contributed by atoms with Crippen molar-refractivity contribution in [2.24, 2.45) is 0 Å². The maximum absolute atomic E-state index is 11.8. The molecule has 0 aliphatic heterocycles. The third-order valence-electron chi connectivity index (χ3n) is 2.56. The van der Waals surface area contributed by atoms with Crippen LogP contribution >= 0.6 is 0 Å². The Hall–Kier alpha value is -2.41. The summed E-state index contributed by atoms with van der Waals surface area (Å²) in [5, 5.41) is 5.05. The molecule has 7 nitrogen and oxygen atoms in total. The van der Waals surface area contributed by atoms with Gasteiger partial charge in [0.2, 0.25) is 11.8 Å². The number of hydrogen-bond donors (Lipinski definition) is 2. The van der Waals surface area contributed by atoms with Crippen molar-refractivity contribution < 1.29 is 23.9 Å². The number of methoxy groups -OCH3 is 2. The van der Waals surface area contributed by atoms with E-state index in [4.69, 9.17) is 4.74 Å². The van der Waals surface area contributed by atoms with Crippen molar-refractivity contribution in [3.05, 3.63) is 29.8 Å². The molecule has 7 heteroatoms. The van der Waals surface area contributed by atoms with Crippen molar-refractivity contribution in [1.82, 2.24) is 5.32 Å². The van der Waals surface area contributed by atoms with Crippen LogP contribution in [0.3, 0.4) is 0 Å². The average Bonchev–Trinajstić information content (AvgIpc) is 2.47. The molecule has 0 bridgehead atoms. The molecule has 0 saturated heterocycles. The fourth-order valence-electron chi connectivity index (χ4n) is 1.58. The first kappa shape index (κ1) is 16.6. The molecule has 0 heterocycles. The molecule has 0 saturated carbocycles. The van der Waals surface area contributed by atoms with Gasteiger partial charge in [0.25, 0.3) is 0 Å². The van der Waals surface area contributed by atoms with E-state index >= 15 is 0 Å². The van der Waals surface area contributed by atoms with Crippen molar-refractivity contribution in [2.45, 2.75) is 6.42 Å². The molecule has 0 radical (unpaired) electrons. The van der Waals surface area contributed by atoms with Crippen molar-refractivity contribution in [3.8, 4) is 0 Å². The third kappa shape index (κ3) is 5.62. The van der Waals surface area contributed by atoms with Gasteiger partial charge in [0.1, 0.15) is 6.42 Å². The molecule has 0 aromatic heterocycles. The summed E-state index contributed by atoms with van der Waals surface area (Å²) in [5.41, 5.74) is 0.534. The van der Waals surface area contributed by atoms with E-state index in [9.17, 15) is 14.4 Å². The number of rotatable bonds is 7. The zero-order chi connectivity index (χ0) is 15.7. The third-order valence-corrected chi connectivity index (χ3v) is 2.56. The van der Waals surface area contributed by atoms with E-state index in [2.05, 4.69) is 15.4 Å². The van der Waals surface area contributed by atoms with Crippen LogP contribution in [0.15, 0.2) is 24.3 Å². The van der Waals surface area contributed by atoms with Crippen molar-refractivity contribution >= 4 is 23.5 Å². The van der Waals surface area contributed by atoms with Crippen molar-refractivity contribution in [1.29, 1.82) is 0 Å². The Morgan fingerprint density at radius 1 is 1.10 bits per heavy atom. The lowest BCUT2D eigenvalue weighted by molar-refractivity contribution is -0.126. The molecule has 1 aromatic carbocycles. The molecule has 2 N–H and O–H groups in total. The van der Waals surface area contributed by atoms with Gasteiger partial charge < -0.3 is 20.1 Å². The average molecular weight is 294 g/mol. The minimum absolute atomic E-state index is 0.230. The molecule has 21 heavy (non-hydrogen) atoms. The molecule has 0 unspecified atom stereocenters. The van der Waals surface area contributed by atoms with E-state index < -0.39 is 17.8 Å². The Labute approximate surface area is 122 Å². The molecule has 0 aliphatic rings. The minimum Gasteiger partial charge on any atom is -0.465 e. The fraction of sp³-hybridized carbons (Fsp3) is 0.357. The fourth-order valence-corrected chi connectivity index (χ4v) is 1.58. The van der Waals surface area contributed by atoms with Crippen LogP contribution < -0.4 is 10.6 Å². The minimum atomic E-state index is -0.560.